The third kappa shape index (κ3) is 5.18. The maximum atomic E-state index is 12.1. The molecule has 29 heavy (non-hydrogen) atoms. The van der Waals surface area contributed by atoms with Crippen molar-refractivity contribution in [3.63, 3.8) is 0 Å². The summed E-state index contributed by atoms with van der Waals surface area (Å²) in [7, 11) is 0. The third-order valence-corrected chi connectivity index (χ3v) is 5.73. The summed E-state index contributed by atoms with van der Waals surface area (Å²) in [5, 5.41) is 11.8. The molecule has 0 aliphatic heterocycles. The largest absolute Gasteiger partial charge is 0.493 e. The highest BCUT2D eigenvalue weighted by Crippen LogP contribution is 2.38. The quantitative estimate of drug-likeness (QED) is 0.342. The number of fused-ring (bicyclic) bond motifs is 1. The van der Waals surface area contributed by atoms with Gasteiger partial charge in [0.25, 0.3) is 0 Å². The Morgan fingerprint density at radius 1 is 1.17 bits per heavy atom. The molecule has 0 aliphatic rings. The Balaban J connectivity index is 1.86. The van der Waals surface area contributed by atoms with Gasteiger partial charge in [0.15, 0.2) is 5.16 Å². The van der Waals surface area contributed by atoms with E-state index in [1.165, 1.54) is 11.8 Å². The van der Waals surface area contributed by atoms with Gasteiger partial charge in [0.1, 0.15) is 11.8 Å². The normalized spacial score (nSPS) is 12.9. The average molecular weight is 453 g/mol. The maximum Gasteiger partial charge on any atom is 0.327 e. The van der Waals surface area contributed by atoms with Crippen LogP contribution in [0, 0.1) is 5.41 Å². The van der Waals surface area contributed by atoms with Gasteiger partial charge in [0.2, 0.25) is 0 Å². The van der Waals surface area contributed by atoms with E-state index >= 15 is 0 Å². The molecule has 1 N–H and O–H groups in total. The molecule has 3 aromatic rings. The van der Waals surface area contributed by atoms with Crippen LogP contribution in [0.4, 0.5) is 0 Å². The van der Waals surface area contributed by atoms with Gasteiger partial charge in [-0.1, -0.05) is 55.7 Å². The number of aliphatic carboxylic acids is 1. The SMILES string of the molecule is CC(C)(C)C(C(=O)O)n1c(SCCOc2ccc(Cl)cc2)nc2cc(Cl)ccc21. The number of ether oxygens (including phenoxy) is 1. The first-order valence-corrected chi connectivity index (χ1v) is 10.8. The van der Waals surface area contributed by atoms with E-state index in [1.54, 1.807) is 28.8 Å². The number of carboxylic acids is 1. The molecule has 0 fully saturated rings. The zero-order valence-corrected chi connectivity index (χ0v) is 18.7. The minimum Gasteiger partial charge on any atom is -0.493 e. The van der Waals surface area contributed by atoms with Crippen molar-refractivity contribution in [1.82, 2.24) is 9.55 Å². The number of nitrogens with zero attached hydrogens (tertiary/aromatic N) is 2. The zero-order chi connectivity index (χ0) is 21.2. The van der Waals surface area contributed by atoms with E-state index in [9.17, 15) is 9.90 Å². The molecule has 0 saturated carbocycles. The molecule has 0 radical (unpaired) electrons. The summed E-state index contributed by atoms with van der Waals surface area (Å²) in [6.45, 7) is 6.17. The molecule has 0 aliphatic carbocycles. The molecule has 1 atom stereocenters. The van der Waals surface area contributed by atoms with Gasteiger partial charge in [0, 0.05) is 15.8 Å². The van der Waals surface area contributed by atoms with Crippen LogP contribution in [0.2, 0.25) is 10.0 Å². The topological polar surface area (TPSA) is 64.3 Å². The number of thioether (sulfide) groups is 1. The summed E-state index contributed by atoms with van der Waals surface area (Å²) in [5.41, 5.74) is 0.917. The number of carbonyl (C=O) groups is 1. The number of carboxylic acid groups (broad SMARTS) is 1. The van der Waals surface area contributed by atoms with Crippen molar-refractivity contribution in [2.45, 2.75) is 32.0 Å². The maximum absolute atomic E-state index is 12.1. The third-order valence-electron chi connectivity index (χ3n) is 4.33. The van der Waals surface area contributed by atoms with Gasteiger partial charge in [0.05, 0.1) is 17.6 Å². The van der Waals surface area contributed by atoms with Crippen LogP contribution in [0.15, 0.2) is 47.6 Å². The van der Waals surface area contributed by atoms with Crippen molar-refractivity contribution in [1.29, 1.82) is 0 Å². The number of hydrogen-bond donors (Lipinski definition) is 1. The fourth-order valence-corrected chi connectivity index (χ4v) is 4.24. The van der Waals surface area contributed by atoms with E-state index in [1.807, 2.05) is 39.0 Å². The van der Waals surface area contributed by atoms with E-state index in [0.717, 1.165) is 11.3 Å². The van der Waals surface area contributed by atoms with Crippen LogP contribution in [-0.2, 0) is 4.79 Å². The molecule has 5 nitrogen and oxygen atoms in total. The first-order valence-electron chi connectivity index (χ1n) is 9.08. The molecule has 1 heterocycles. The zero-order valence-electron chi connectivity index (χ0n) is 16.4. The molecule has 3 rings (SSSR count). The van der Waals surface area contributed by atoms with Crippen molar-refractivity contribution in [3.8, 4) is 5.75 Å². The fourth-order valence-electron chi connectivity index (χ4n) is 3.09. The first kappa shape index (κ1) is 21.8. The van der Waals surface area contributed by atoms with E-state index in [2.05, 4.69) is 4.98 Å². The summed E-state index contributed by atoms with van der Waals surface area (Å²) in [5.74, 6) is 0.440. The Morgan fingerprint density at radius 2 is 1.83 bits per heavy atom. The molecule has 154 valence electrons. The van der Waals surface area contributed by atoms with Crippen LogP contribution in [0.5, 0.6) is 5.75 Å². The summed E-state index contributed by atoms with van der Waals surface area (Å²) >= 11 is 13.5. The summed E-state index contributed by atoms with van der Waals surface area (Å²) in [6, 6.07) is 11.7. The van der Waals surface area contributed by atoms with Crippen molar-refractivity contribution >= 4 is 52.0 Å². The Labute approximate surface area is 184 Å². The average Bonchev–Trinajstić information content (AvgIpc) is 2.96. The predicted molar refractivity (Wildman–Crippen MR) is 119 cm³/mol. The number of aromatic nitrogens is 2. The number of imidazole rings is 1. The Hall–Kier alpha value is -1.89. The molecule has 1 aromatic heterocycles. The molecule has 0 amide bonds. The lowest BCUT2D eigenvalue weighted by atomic mass is 9.86. The van der Waals surface area contributed by atoms with Crippen molar-refractivity contribution in [2.75, 3.05) is 12.4 Å². The van der Waals surface area contributed by atoms with E-state index in [0.29, 0.717) is 33.1 Å². The first-order chi connectivity index (χ1) is 13.7. The van der Waals surface area contributed by atoms with Gasteiger partial charge >= 0.3 is 5.97 Å². The second-order valence-corrected chi connectivity index (χ2v) is 9.59. The summed E-state index contributed by atoms with van der Waals surface area (Å²) in [4.78, 5) is 16.8. The standard InChI is InChI=1S/C21H22Cl2N2O3S/c1-21(2,3)18(19(26)27)25-17-9-6-14(23)12-16(17)24-20(25)29-11-10-28-15-7-4-13(22)5-8-15/h4-9,12,18H,10-11H2,1-3H3,(H,26,27). The number of hydrogen-bond acceptors (Lipinski definition) is 4. The molecule has 0 spiro atoms. The second kappa shape index (κ2) is 8.86. The lowest BCUT2D eigenvalue weighted by molar-refractivity contribution is -0.144. The van der Waals surface area contributed by atoms with Crippen molar-refractivity contribution in [2.24, 2.45) is 5.41 Å². The van der Waals surface area contributed by atoms with E-state index in [-0.39, 0.29) is 0 Å². The van der Waals surface area contributed by atoms with Crippen molar-refractivity contribution in [3.05, 3.63) is 52.5 Å². The second-order valence-electron chi connectivity index (χ2n) is 7.66. The molecule has 0 bridgehead atoms. The van der Waals surface area contributed by atoms with Gasteiger partial charge in [-0.2, -0.15) is 0 Å². The lowest BCUT2D eigenvalue weighted by Crippen LogP contribution is -2.32. The highest BCUT2D eigenvalue weighted by molar-refractivity contribution is 7.99. The van der Waals surface area contributed by atoms with Gasteiger partial charge in [-0.25, -0.2) is 9.78 Å². The van der Waals surface area contributed by atoms with Crippen LogP contribution < -0.4 is 4.74 Å². The molecule has 2 aromatic carbocycles. The molecular formula is C21H22Cl2N2O3S. The van der Waals surface area contributed by atoms with Crippen LogP contribution in [0.3, 0.4) is 0 Å². The molecule has 1 unspecified atom stereocenters. The van der Waals surface area contributed by atoms with Gasteiger partial charge in [-0.05, 0) is 47.9 Å². The van der Waals surface area contributed by atoms with Crippen molar-refractivity contribution < 1.29 is 14.6 Å². The van der Waals surface area contributed by atoms with Gasteiger partial charge in [-0.3, -0.25) is 0 Å². The Morgan fingerprint density at radius 3 is 2.45 bits per heavy atom. The van der Waals surface area contributed by atoms with Crippen LogP contribution in [0.25, 0.3) is 11.0 Å². The Kier molecular flexibility index (Phi) is 6.66. The highest BCUT2D eigenvalue weighted by Gasteiger charge is 2.35. The monoisotopic (exact) mass is 452 g/mol. The molecule has 8 heteroatoms. The van der Waals surface area contributed by atoms with Gasteiger partial charge < -0.3 is 14.4 Å². The minimum absolute atomic E-state index is 0.448. The van der Waals surface area contributed by atoms with Crippen LogP contribution >= 0.6 is 35.0 Å². The molecule has 0 saturated heterocycles. The van der Waals surface area contributed by atoms with E-state index in [4.69, 9.17) is 27.9 Å². The van der Waals surface area contributed by atoms with E-state index < -0.39 is 17.4 Å². The fraction of sp³-hybridized carbons (Fsp3) is 0.333. The number of rotatable bonds is 7. The highest BCUT2D eigenvalue weighted by atomic mass is 35.5. The summed E-state index contributed by atoms with van der Waals surface area (Å²) in [6.07, 6.45) is 0. The smallest absolute Gasteiger partial charge is 0.327 e. The van der Waals surface area contributed by atoms with Crippen LogP contribution in [-0.4, -0.2) is 33.0 Å². The molecular weight excluding hydrogens is 431 g/mol. The van der Waals surface area contributed by atoms with Gasteiger partial charge in [-0.15, -0.1) is 0 Å². The summed E-state index contributed by atoms with van der Waals surface area (Å²) < 4.78 is 7.53. The Bertz CT molecular complexity index is 1010. The lowest BCUT2D eigenvalue weighted by Gasteiger charge is -2.29. The minimum atomic E-state index is -0.897. The number of halogens is 2. The van der Waals surface area contributed by atoms with Crippen LogP contribution in [0.1, 0.15) is 26.8 Å². The number of benzene rings is 2. The predicted octanol–water partition coefficient (Wildman–Crippen LogP) is 6.19.